The second-order valence-electron chi connectivity index (χ2n) is 20.4. The van der Waals surface area contributed by atoms with Crippen LogP contribution in [-0.4, -0.2) is 101 Å². The fourth-order valence-electron chi connectivity index (χ4n) is 10.0. The van der Waals surface area contributed by atoms with Gasteiger partial charge in [0.1, 0.15) is 17.6 Å². The number of ketones is 1. The molecule has 1 N–H and O–H groups in total. The minimum absolute atomic E-state index is 0.00861. The van der Waals surface area contributed by atoms with Crippen LogP contribution in [0.15, 0.2) is 60.3 Å². The van der Waals surface area contributed by atoms with Gasteiger partial charge in [-0.15, -0.1) is 11.3 Å². The van der Waals surface area contributed by atoms with E-state index in [1.165, 1.54) is 16.2 Å². The van der Waals surface area contributed by atoms with Crippen molar-refractivity contribution in [2.45, 2.75) is 140 Å². The summed E-state index contributed by atoms with van der Waals surface area (Å²) in [6.45, 7) is 8.27. The lowest BCUT2D eigenvalue weighted by Crippen LogP contribution is -2.55. The molecule has 14 nitrogen and oxygen atoms in total. The maximum Gasteiger partial charge on any atom is 0.430 e. The number of carbonyl (C=O) groups excluding carboxylic acids is 4. The zero-order valence-corrected chi connectivity index (χ0v) is 41.2. The Morgan fingerprint density at radius 3 is 2.43 bits per heavy atom. The van der Waals surface area contributed by atoms with Crippen molar-refractivity contribution in [2.24, 2.45) is 29.1 Å². The molecule has 8 atom stereocenters. The molecule has 2 aromatic heterocycles. The summed E-state index contributed by atoms with van der Waals surface area (Å²) < 4.78 is 94.7. The first-order chi connectivity index (χ1) is 32.6. The molecule has 19 heteroatoms. The molecule has 0 radical (unpaired) electrons. The van der Waals surface area contributed by atoms with Gasteiger partial charge in [-0.25, -0.2) is 13.4 Å². The molecule has 5 heterocycles. The number of alkyl halides is 3. The van der Waals surface area contributed by atoms with E-state index >= 15 is 4.79 Å². The fraction of sp³-hybridized carbons (Fsp3) is 0.600. The lowest BCUT2D eigenvalue weighted by atomic mass is 9.82. The lowest BCUT2D eigenvalue weighted by molar-refractivity contribution is -0.295. The molecule has 2 aliphatic carbocycles. The molecule has 3 aromatic rings. The van der Waals surface area contributed by atoms with Gasteiger partial charge in [-0.2, -0.15) is 13.2 Å². The lowest BCUT2D eigenvalue weighted by Gasteiger charge is -2.38. The molecule has 8 rings (SSSR count). The number of halogens is 3. The van der Waals surface area contributed by atoms with Crippen molar-refractivity contribution < 1.29 is 59.7 Å². The number of rotatable bonds is 12. The number of carbonyl (C=O) groups is 4. The number of aromatic nitrogens is 2. The predicted octanol–water partition coefficient (Wildman–Crippen LogP) is 8.64. The summed E-state index contributed by atoms with van der Waals surface area (Å²) in [7, 11) is -4.06. The van der Waals surface area contributed by atoms with E-state index in [2.05, 4.69) is 9.71 Å². The average molecular weight is 999 g/mol. The Kier molecular flexibility index (Phi) is 14.4. The van der Waals surface area contributed by atoms with Crippen molar-refractivity contribution in [3.63, 3.8) is 0 Å². The van der Waals surface area contributed by atoms with Crippen LogP contribution >= 0.6 is 11.3 Å². The molecular formula is C50H61F3N4O10S2. The zero-order valence-electron chi connectivity index (χ0n) is 39.6. The van der Waals surface area contributed by atoms with Crippen LogP contribution < -0.4 is 14.2 Å². The Morgan fingerprint density at radius 1 is 1.04 bits per heavy atom. The normalized spacial score (nSPS) is 30.0. The Bertz CT molecular complexity index is 2530. The van der Waals surface area contributed by atoms with Crippen molar-refractivity contribution in [3.8, 4) is 33.3 Å². The highest BCUT2D eigenvalue weighted by molar-refractivity contribution is 7.91. The largest absolute Gasteiger partial charge is 0.491 e. The number of ether oxygens (including phenoxy) is 4. The van der Waals surface area contributed by atoms with Crippen molar-refractivity contribution in [1.29, 1.82) is 0 Å². The molecule has 1 unspecified atom stereocenters. The van der Waals surface area contributed by atoms with Crippen LogP contribution in [0.3, 0.4) is 0 Å². The number of thiazole rings is 1. The molecule has 5 aliphatic rings. The molecule has 0 bridgehead atoms. The van der Waals surface area contributed by atoms with Gasteiger partial charge in [0.2, 0.25) is 27.4 Å². The van der Waals surface area contributed by atoms with Gasteiger partial charge in [0, 0.05) is 49.8 Å². The summed E-state index contributed by atoms with van der Waals surface area (Å²) in [6.07, 6.45) is 0.752. The number of sulfonamides is 1. The molecule has 374 valence electrons. The molecular weight excluding hydrogens is 938 g/mol. The minimum atomic E-state index is -4.93. The van der Waals surface area contributed by atoms with Crippen LogP contribution in [0.2, 0.25) is 0 Å². The zero-order chi connectivity index (χ0) is 49.5. The average Bonchev–Trinajstić information content (AvgIpc) is 4.04. The monoisotopic (exact) mass is 998 g/mol. The predicted molar refractivity (Wildman–Crippen MR) is 250 cm³/mol. The number of benzene rings is 1. The third-order valence-corrected chi connectivity index (χ3v) is 17.5. The van der Waals surface area contributed by atoms with Crippen LogP contribution in [0.5, 0.6) is 11.5 Å². The third kappa shape index (κ3) is 11.0. The smallest absolute Gasteiger partial charge is 0.430 e. The van der Waals surface area contributed by atoms with Gasteiger partial charge in [-0.1, -0.05) is 26.0 Å². The molecule has 2 saturated heterocycles. The van der Waals surface area contributed by atoms with Gasteiger partial charge >= 0.3 is 12.1 Å². The van der Waals surface area contributed by atoms with E-state index in [1.807, 2.05) is 57.2 Å². The van der Waals surface area contributed by atoms with Gasteiger partial charge in [-0.3, -0.25) is 28.9 Å². The molecule has 0 spiro atoms. The van der Waals surface area contributed by atoms with E-state index in [0.29, 0.717) is 55.0 Å². The number of esters is 1. The van der Waals surface area contributed by atoms with Crippen LogP contribution in [0.25, 0.3) is 21.8 Å². The molecule has 2 amide bonds. The van der Waals surface area contributed by atoms with Gasteiger partial charge in [0.15, 0.2) is 5.78 Å². The van der Waals surface area contributed by atoms with Crippen molar-refractivity contribution in [2.75, 3.05) is 19.8 Å². The number of allylic oxidation sites excluding steroid dienone is 2. The summed E-state index contributed by atoms with van der Waals surface area (Å²) in [5.74, 6) is -4.28. The molecule has 1 aromatic carbocycles. The maximum absolute atomic E-state index is 15.3. The minimum Gasteiger partial charge on any atom is -0.491 e. The van der Waals surface area contributed by atoms with Gasteiger partial charge in [0.05, 0.1) is 69.6 Å². The first-order valence-corrected chi connectivity index (χ1v) is 26.2. The first-order valence-electron chi connectivity index (χ1n) is 23.9. The second kappa shape index (κ2) is 19.7. The highest BCUT2D eigenvalue weighted by Crippen LogP contribution is 2.58. The van der Waals surface area contributed by atoms with Gasteiger partial charge < -0.3 is 23.8 Å². The number of fused-ring (bicyclic) bond motifs is 2. The third-order valence-electron chi connectivity index (χ3n) is 14.5. The number of pyridine rings is 1. The van der Waals surface area contributed by atoms with E-state index in [9.17, 15) is 36.0 Å². The van der Waals surface area contributed by atoms with E-state index in [0.717, 1.165) is 10.4 Å². The molecule has 4 fully saturated rings. The summed E-state index contributed by atoms with van der Waals surface area (Å²) in [5.41, 5.74) is -0.726. The quantitative estimate of drug-likeness (QED) is 0.135. The maximum atomic E-state index is 15.3. The highest BCUT2D eigenvalue weighted by atomic mass is 32.2. The number of amides is 2. The van der Waals surface area contributed by atoms with Crippen LogP contribution in [0.4, 0.5) is 13.2 Å². The Balaban J connectivity index is 1.14. The summed E-state index contributed by atoms with van der Waals surface area (Å²) in [6, 6.07) is 9.71. The van der Waals surface area contributed by atoms with E-state index in [1.54, 1.807) is 37.7 Å². The Hall–Kier alpha value is -4.88. The number of hydrogen-bond donors (Lipinski definition) is 1. The van der Waals surface area contributed by atoms with Crippen molar-refractivity contribution in [1.82, 2.24) is 19.6 Å². The van der Waals surface area contributed by atoms with E-state index in [4.69, 9.17) is 23.9 Å². The topological polar surface area (TPSA) is 180 Å². The number of nitrogens with zero attached hydrogens (tertiary/aromatic N) is 3. The van der Waals surface area contributed by atoms with Crippen molar-refractivity contribution >= 4 is 44.9 Å². The van der Waals surface area contributed by atoms with Crippen LogP contribution in [0.1, 0.15) is 105 Å². The summed E-state index contributed by atoms with van der Waals surface area (Å²) in [5, 5.41) is 0. The molecule has 3 aliphatic heterocycles. The SMILES string of the molecule is CC(C)Oc1ccc(-c2cc(O[C@@H]3C[C@H]4C(=O)C[C@]5(C(=O)NS(=O)(=O)C6(C)CC6)C[C@H]5/C=C\CC[C@@H](C)C[C@@H](C)[C@H](CC(=O)OC5(C(F)(F)F)CCCOC5)C(=O)N4C3)cc(-c3cncs3)n2)cc1. The second-order valence-corrected chi connectivity index (χ2v) is 23.4. The summed E-state index contributed by atoms with van der Waals surface area (Å²) in [4.78, 5) is 69.5. The standard InChI is InChI=1S/C50H61F3N4O10S2/c1-30(2)65-35-13-11-33(12-14-35)39-20-36(21-40(55-39)43-26-54-29-68-43)66-37-22-41-42(58)25-48(46(61)56-69(62,63)47(5)16-17-47)24-34(48)10-7-6-9-31(3)19-32(4)38(45(60)57(41)27-37)23-44(59)67-49(50(51,52)53)15-8-18-64-28-49/h7,10-14,20-21,26,29-32,34,37-38,41H,6,8-9,15-19,22-25,27-28H2,1-5H3,(H,56,61)/b10-7-/t31-,32-,34-,37-,38+,41+,48-,49?/m1/s1. The number of nitrogens with one attached hydrogen (secondary N) is 1. The van der Waals surface area contributed by atoms with Gasteiger partial charge in [-0.05, 0) is 108 Å². The van der Waals surface area contributed by atoms with E-state index < -0.39 is 105 Å². The highest BCUT2D eigenvalue weighted by Gasteiger charge is 2.63. The van der Waals surface area contributed by atoms with Crippen molar-refractivity contribution in [3.05, 3.63) is 60.3 Å². The number of Topliss-reactive ketones (excluding diaryl/α,β-unsaturated/α-hetero) is 1. The van der Waals surface area contributed by atoms with Gasteiger partial charge in [0.25, 0.3) is 0 Å². The summed E-state index contributed by atoms with van der Waals surface area (Å²) >= 11 is 1.38. The first kappa shape index (κ1) is 50.5. The van der Waals surface area contributed by atoms with Crippen LogP contribution in [-0.2, 0) is 38.7 Å². The number of hydrogen-bond acceptors (Lipinski definition) is 13. The Morgan fingerprint density at radius 2 is 1.78 bits per heavy atom. The van der Waals surface area contributed by atoms with E-state index in [-0.39, 0.29) is 50.9 Å². The van der Waals surface area contributed by atoms with Crippen LogP contribution in [0, 0.1) is 29.1 Å². The fourth-order valence-corrected chi connectivity index (χ4v) is 11.9. The molecule has 69 heavy (non-hydrogen) atoms. The molecule has 2 saturated carbocycles. The Labute approximate surface area is 405 Å².